The molecule has 1 aliphatic rings. The first-order valence-corrected chi connectivity index (χ1v) is 4.25. The standard InChI is InChI=1S/C8H18N2O2/c1-10(2)7-3-8(5-9,6-11)12-4-7/h7,11H,3-6,9H2,1-2H3. The lowest BCUT2D eigenvalue weighted by Gasteiger charge is -2.24. The van der Waals surface area contributed by atoms with Gasteiger partial charge < -0.3 is 20.5 Å². The predicted molar refractivity (Wildman–Crippen MR) is 46.9 cm³/mol. The van der Waals surface area contributed by atoms with Gasteiger partial charge in [-0.15, -0.1) is 0 Å². The summed E-state index contributed by atoms with van der Waals surface area (Å²) in [5.74, 6) is 0. The van der Waals surface area contributed by atoms with E-state index in [2.05, 4.69) is 4.90 Å². The number of ether oxygens (including phenoxy) is 1. The van der Waals surface area contributed by atoms with E-state index in [0.29, 0.717) is 19.2 Å². The molecule has 0 bridgehead atoms. The summed E-state index contributed by atoms with van der Waals surface area (Å²) < 4.78 is 5.50. The van der Waals surface area contributed by atoms with Crippen molar-refractivity contribution in [1.82, 2.24) is 4.90 Å². The lowest BCUT2D eigenvalue weighted by Crippen LogP contribution is -2.42. The van der Waals surface area contributed by atoms with Gasteiger partial charge in [-0.05, 0) is 20.5 Å². The Morgan fingerprint density at radius 1 is 1.67 bits per heavy atom. The van der Waals surface area contributed by atoms with E-state index in [-0.39, 0.29) is 6.61 Å². The summed E-state index contributed by atoms with van der Waals surface area (Å²) in [6.45, 7) is 1.09. The van der Waals surface area contributed by atoms with E-state index in [4.69, 9.17) is 15.6 Å². The number of rotatable bonds is 3. The van der Waals surface area contributed by atoms with Crippen LogP contribution in [0.15, 0.2) is 0 Å². The minimum atomic E-state index is -0.477. The van der Waals surface area contributed by atoms with Crippen molar-refractivity contribution in [3.8, 4) is 0 Å². The van der Waals surface area contributed by atoms with Gasteiger partial charge in [0.15, 0.2) is 0 Å². The smallest absolute Gasteiger partial charge is 0.105 e. The van der Waals surface area contributed by atoms with Crippen LogP contribution in [0.25, 0.3) is 0 Å². The van der Waals surface area contributed by atoms with Gasteiger partial charge in [0.2, 0.25) is 0 Å². The molecule has 2 atom stereocenters. The van der Waals surface area contributed by atoms with Crippen LogP contribution in [-0.4, -0.2) is 55.5 Å². The van der Waals surface area contributed by atoms with Gasteiger partial charge in [0.05, 0.1) is 13.2 Å². The lowest BCUT2D eigenvalue weighted by molar-refractivity contribution is -0.0315. The normalized spacial score (nSPS) is 36.2. The van der Waals surface area contributed by atoms with Gasteiger partial charge in [0.1, 0.15) is 5.60 Å². The van der Waals surface area contributed by atoms with Crippen molar-refractivity contribution in [2.75, 3.05) is 33.9 Å². The molecule has 0 aromatic rings. The molecule has 1 heterocycles. The van der Waals surface area contributed by atoms with Crippen molar-refractivity contribution < 1.29 is 9.84 Å². The number of hydrogen-bond acceptors (Lipinski definition) is 4. The number of hydrogen-bond donors (Lipinski definition) is 2. The molecule has 3 N–H and O–H groups in total. The van der Waals surface area contributed by atoms with Crippen LogP contribution in [0.4, 0.5) is 0 Å². The number of aliphatic hydroxyl groups excluding tert-OH is 1. The Morgan fingerprint density at radius 3 is 2.58 bits per heavy atom. The molecule has 1 saturated heterocycles. The highest BCUT2D eigenvalue weighted by molar-refractivity contribution is 4.92. The Labute approximate surface area is 73.3 Å². The molecular formula is C8H18N2O2. The Kier molecular flexibility index (Phi) is 3.06. The van der Waals surface area contributed by atoms with Crippen molar-refractivity contribution in [1.29, 1.82) is 0 Å². The summed E-state index contributed by atoms with van der Waals surface area (Å²) in [7, 11) is 4.02. The maximum absolute atomic E-state index is 9.09. The molecule has 0 amide bonds. The van der Waals surface area contributed by atoms with Gasteiger partial charge in [-0.3, -0.25) is 0 Å². The van der Waals surface area contributed by atoms with E-state index in [1.165, 1.54) is 0 Å². The summed E-state index contributed by atoms with van der Waals surface area (Å²) in [5.41, 5.74) is 5.06. The third-order valence-electron chi connectivity index (χ3n) is 2.58. The molecule has 1 fully saturated rings. The molecule has 0 aromatic carbocycles. The second-order valence-electron chi connectivity index (χ2n) is 3.68. The molecule has 0 saturated carbocycles. The number of aliphatic hydroxyl groups is 1. The van der Waals surface area contributed by atoms with Crippen molar-refractivity contribution in [3.63, 3.8) is 0 Å². The van der Waals surface area contributed by atoms with Gasteiger partial charge >= 0.3 is 0 Å². The maximum Gasteiger partial charge on any atom is 0.105 e. The van der Waals surface area contributed by atoms with Gasteiger partial charge in [-0.25, -0.2) is 0 Å². The number of nitrogens with zero attached hydrogens (tertiary/aromatic N) is 1. The fourth-order valence-corrected chi connectivity index (χ4v) is 1.47. The maximum atomic E-state index is 9.09. The fraction of sp³-hybridized carbons (Fsp3) is 1.00. The first kappa shape index (κ1) is 9.92. The second kappa shape index (κ2) is 3.70. The van der Waals surface area contributed by atoms with Gasteiger partial charge in [0, 0.05) is 12.6 Å². The van der Waals surface area contributed by atoms with Crippen LogP contribution >= 0.6 is 0 Å². The molecule has 4 heteroatoms. The third-order valence-corrected chi connectivity index (χ3v) is 2.58. The molecule has 0 spiro atoms. The molecule has 0 aliphatic carbocycles. The fourth-order valence-electron chi connectivity index (χ4n) is 1.47. The first-order chi connectivity index (χ1) is 5.63. The van der Waals surface area contributed by atoms with Crippen LogP contribution in [0.5, 0.6) is 0 Å². The van der Waals surface area contributed by atoms with Crippen LogP contribution in [0.1, 0.15) is 6.42 Å². The summed E-state index contributed by atoms with van der Waals surface area (Å²) in [6, 6.07) is 0.390. The average molecular weight is 174 g/mol. The molecule has 72 valence electrons. The van der Waals surface area contributed by atoms with Gasteiger partial charge in [-0.1, -0.05) is 0 Å². The van der Waals surface area contributed by atoms with E-state index in [0.717, 1.165) is 6.42 Å². The summed E-state index contributed by atoms with van der Waals surface area (Å²) in [5, 5.41) is 9.09. The van der Waals surface area contributed by atoms with E-state index in [1.54, 1.807) is 0 Å². The molecule has 0 radical (unpaired) electrons. The zero-order chi connectivity index (χ0) is 9.19. The van der Waals surface area contributed by atoms with Gasteiger partial charge in [-0.2, -0.15) is 0 Å². The highest BCUT2D eigenvalue weighted by atomic mass is 16.5. The lowest BCUT2D eigenvalue weighted by atomic mass is 9.99. The number of likely N-dealkylation sites (N-methyl/N-ethyl adjacent to an activating group) is 1. The molecule has 0 aromatic heterocycles. The Morgan fingerprint density at radius 2 is 2.33 bits per heavy atom. The topological polar surface area (TPSA) is 58.7 Å². The van der Waals surface area contributed by atoms with E-state index in [9.17, 15) is 0 Å². The molecule has 1 rings (SSSR count). The Bertz CT molecular complexity index is 146. The van der Waals surface area contributed by atoms with E-state index >= 15 is 0 Å². The average Bonchev–Trinajstić information content (AvgIpc) is 2.49. The van der Waals surface area contributed by atoms with E-state index in [1.807, 2.05) is 14.1 Å². The molecule has 4 nitrogen and oxygen atoms in total. The first-order valence-electron chi connectivity index (χ1n) is 4.25. The summed E-state index contributed by atoms with van der Waals surface area (Å²) in [6.07, 6.45) is 0.826. The summed E-state index contributed by atoms with van der Waals surface area (Å²) >= 11 is 0. The van der Waals surface area contributed by atoms with Crippen LogP contribution in [-0.2, 0) is 4.74 Å². The SMILES string of the molecule is CN(C)C1COC(CN)(CO)C1. The molecule has 2 unspecified atom stereocenters. The summed E-state index contributed by atoms with van der Waals surface area (Å²) in [4.78, 5) is 2.10. The third kappa shape index (κ3) is 1.77. The number of nitrogens with two attached hydrogens (primary N) is 1. The molecule has 1 aliphatic heterocycles. The zero-order valence-corrected chi connectivity index (χ0v) is 7.79. The van der Waals surface area contributed by atoms with Crippen molar-refractivity contribution in [2.24, 2.45) is 5.73 Å². The minimum Gasteiger partial charge on any atom is -0.393 e. The predicted octanol–water partition coefficient (Wildman–Crippen LogP) is -0.973. The van der Waals surface area contributed by atoms with Crippen molar-refractivity contribution in [3.05, 3.63) is 0 Å². The van der Waals surface area contributed by atoms with Crippen molar-refractivity contribution >= 4 is 0 Å². The Balaban J connectivity index is 2.52. The highest BCUT2D eigenvalue weighted by Crippen LogP contribution is 2.26. The van der Waals surface area contributed by atoms with Crippen LogP contribution in [0.2, 0.25) is 0 Å². The quantitative estimate of drug-likeness (QED) is 0.578. The van der Waals surface area contributed by atoms with Crippen LogP contribution in [0.3, 0.4) is 0 Å². The largest absolute Gasteiger partial charge is 0.393 e. The van der Waals surface area contributed by atoms with Crippen molar-refractivity contribution in [2.45, 2.75) is 18.1 Å². The highest BCUT2D eigenvalue weighted by Gasteiger charge is 2.39. The second-order valence-corrected chi connectivity index (χ2v) is 3.68. The molecule has 12 heavy (non-hydrogen) atoms. The van der Waals surface area contributed by atoms with Crippen LogP contribution in [0, 0.1) is 0 Å². The zero-order valence-electron chi connectivity index (χ0n) is 7.79. The monoisotopic (exact) mass is 174 g/mol. The minimum absolute atomic E-state index is 0.0217. The van der Waals surface area contributed by atoms with Gasteiger partial charge in [0.25, 0.3) is 0 Å². The van der Waals surface area contributed by atoms with E-state index < -0.39 is 5.60 Å². The van der Waals surface area contributed by atoms with Crippen LogP contribution < -0.4 is 5.73 Å². The Hall–Kier alpha value is -0.160. The molecular weight excluding hydrogens is 156 g/mol.